The third kappa shape index (κ3) is 5.76. The van der Waals surface area contributed by atoms with Crippen LogP contribution in [0.5, 0.6) is 0 Å². The quantitative estimate of drug-likeness (QED) is 0.795. The predicted octanol–water partition coefficient (Wildman–Crippen LogP) is 1.66. The van der Waals surface area contributed by atoms with Crippen LogP contribution in [0, 0.1) is 5.92 Å². The van der Waals surface area contributed by atoms with Crippen LogP contribution in [0.25, 0.3) is 0 Å². The number of carbonyl (C=O) groups excluding carboxylic acids is 2. The van der Waals surface area contributed by atoms with Crippen molar-refractivity contribution in [3.8, 4) is 0 Å². The fourth-order valence-electron chi connectivity index (χ4n) is 1.91. The summed E-state index contributed by atoms with van der Waals surface area (Å²) in [6, 6.07) is 0. The van der Waals surface area contributed by atoms with Gasteiger partial charge in [0.25, 0.3) is 0 Å². The Kier molecular flexibility index (Phi) is 8.89. The first kappa shape index (κ1) is 17.3. The van der Waals surface area contributed by atoms with Crippen molar-refractivity contribution >= 4 is 24.4 Å². The summed E-state index contributed by atoms with van der Waals surface area (Å²) in [5, 5.41) is 0. The van der Waals surface area contributed by atoms with Crippen molar-refractivity contribution in [1.82, 2.24) is 9.80 Å². The van der Waals surface area contributed by atoms with Gasteiger partial charge in [-0.15, -0.1) is 0 Å². The van der Waals surface area contributed by atoms with E-state index < -0.39 is 0 Å². The fraction of sp³-hybridized carbons (Fsp3) is 0.846. The molecule has 1 aliphatic heterocycles. The molecule has 1 rings (SSSR count). The second-order valence-electron chi connectivity index (χ2n) is 4.71. The number of piperazine rings is 1. The molecule has 0 aromatic heterocycles. The smallest absolute Gasteiger partial charge is 0.222 e. The maximum Gasteiger partial charge on any atom is 0.222 e. The van der Waals surface area contributed by atoms with Crippen LogP contribution in [0.1, 0.15) is 33.6 Å². The monoisotopic (exact) mass is 274 g/mol. The highest BCUT2D eigenvalue weighted by molar-refractivity contribution is 7.79. The molecule has 1 fully saturated rings. The molecule has 0 saturated carbocycles. The van der Waals surface area contributed by atoms with Crippen LogP contribution in [-0.4, -0.2) is 54.0 Å². The average Bonchev–Trinajstić information content (AvgIpc) is 2.39. The molecule has 0 N–H and O–H groups in total. The van der Waals surface area contributed by atoms with Crippen LogP contribution in [0.4, 0.5) is 0 Å². The SMILES string of the molecule is CCC(=O)N1CCN(C(=O)CC(C)C)CC1.CS. The van der Waals surface area contributed by atoms with E-state index in [-0.39, 0.29) is 11.8 Å². The number of rotatable bonds is 3. The summed E-state index contributed by atoms with van der Waals surface area (Å²) in [4.78, 5) is 26.9. The molecule has 4 nitrogen and oxygen atoms in total. The molecule has 5 heteroatoms. The lowest BCUT2D eigenvalue weighted by Crippen LogP contribution is -2.50. The van der Waals surface area contributed by atoms with Crippen LogP contribution in [-0.2, 0) is 9.59 Å². The lowest BCUT2D eigenvalue weighted by molar-refractivity contribution is -0.139. The minimum absolute atomic E-state index is 0.191. The Morgan fingerprint density at radius 1 is 1.00 bits per heavy atom. The van der Waals surface area contributed by atoms with Gasteiger partial charge >= 0.3 is 0 Å². The third-order valence-electron chi connectivity index (χ3n) is 2.87. The van der Waals surface area contributed by atoms with Crippen LogP contribution in [0.3, 0.4) is 0 Å². The summed E-state index contributed by atoms with van der Waals surface area (Å²) < 4.78 is 0. The number of carbonyl (C=O) groups is 2. The molecule has 0 spiro atoms. The van der Waals surface area contributed by atoms with Gasteiger partial charge in [0, 0.05) is 39.0 Å². The van der Waals surface area contributed by atoms with Crippen LogP contribution >= 0.6 is 12.6 Å². The Hall–Kier alpha value is -0.710. The summed E-state index contributed by atoms with van der Waals surface area (Å²) in [5.41, 5.74) is 0. The number of thiol groups is 1. The van der Waals surface area contributed by atoms with Gasteiger partial charge in [0.1, 0.15) is 0 Å². The molecule has 0 aromatic rings. The van der Waals surface area contributed by atoms with Gasteiger partial charge < -0.3 is 9.80 Å². The molecule has 0 aromatic carbocycles. The normalized spacial score (nSPS) is 15.2. The largest absolute Gasteiger partial charge is 0.339 e. The zero-order chi connectivity index (χ0) is 14.1. The van der Waals surface area contributed by atoms with Gasteiger partial charge in [0.15, 0.2) is 0 Å². The van der Waals surface area contributed by atoms with Gasteiger partial charge in [0.2, 0.25) is 11.8 Å². The highest BCUT2D eigenvalue weighted by Crippen LogP contribution is 2.08. The number of hydrogen-bond donors (Lipinski definition) is 1. The van der Waals surface area contributed by atoms with E-state index in [1.807, 2.05) is 16.7 Å². The fourth-order valence-corrected chi connectivity index (χ4v) is 1.91. The Morgan fingerprint density at radius 2 is 1.39 bits per heavy atom. The van der Waals surface area contributed by atoms with Gasteiger partial charge in [0.05, 0.1) is 0 Å². The Bertz CT molecular complexity index is 262. The summed E-state index contributed by atoms with van der Waals surface area (Å²) in [6.07, 6.45) is 2.86. The van der Waals surface area contributed by atoms with E-state index in [0.717, 1.165) is 0 Å². The zero-order valence-electron chi connectivity index (χ0n) is 12.0. The van der Waals surface area contributed by atoms with Crippen LogP contribution < -0.4 is 0 Å². The molecule has 1 heterocycles. The molecule has 0 bridgehead atoms. The Morgan fingerprint density at radius 3 is 1.72 bits per heavy atom. The minimum Gasteiger partial charge on any atom is -0.339 e. The summed E-state index contributed by atoms with van der Waals surface area (Å²) in [7, 11) is 0. The number of nitrogens with zero attached hydrogens (tertiary/aromatic N) is 2. The average molecular weight is 274 g/mol. The van der Waals surface area contributed by atoms with E-state index in [2.05, 4.69) is 26.5 Å². The van der Waals surface area contributed by atoms with Crippen molar-refractivity contribution in [3.05, 3.63) is 0 Å². The number of hydrogen-bond acceptors (Lipinski definition) is 3. The molecule has 1 aliphatic rings. The van der Waals surface area contributed by atoms with E-state index in [1.165, 1.54) is 0 Å². The Labute approximate surface area is 116 Å². The molecule has 2 amide bonds. The van der Waals surface area contributed by atoms with Gasteiger partial charge in [-0.05, 0) is 12.2 Å². The molecule has 1 saturated heterocycles. The lowest BCUT2D eigenvalue weighted by Gasteiger charge is -2.35. The van der Waals surface area contributed by atoms with Gasteiger partial charge in [-0.1, -0.05) is 20.8 Å². The third-order valence-corrected chi connectivity index (χ3v) is 2.87. The topological polar surface area (TPSA) is 40.6 Å². The van der Waals surface area contributed by atoms with Crippen molar-refractivity contribution in [2.75, 3.05) is 32.4 Å². The second kappa shape index (κ2) is 9.25. The summed E-state index contributed by atoms with van der Waals surface area (Å²) in [5.74, 6) is 0.817. The van der Waals surface area contributed by atoms with Gasteiger partial charge in [-0.25, -0.2) is 0 Å². The van der Waals surface area contributed by atoms with E-state index in [4.69, 9.17) is 0 Å². The molecule has 0 unspecified atom stereocenters. The first-order valence-corrected chi connectivity index (χ1v) is 7.44. The van der Waals surface area contributed by atoms with Crippen molar-refractivity contribution in [2.45, 2.75) is 33.6 Å². The van der Waals surface area contributed by atoms with E-state index in [1.54, 1.807) is 6.26 Å². The standard InChI is InChI=1S/C12H22N2O2.CH4S/c1-4-11(15)13-5-7-14(8-6-13)12(16)9-10(2)3;1-2/h10H,4-9H2,1-3H3;2H,1H3. The van der Waals surface area contributed by atoms with E-state index in [0.29, 0.717) is 44.9 Å². The van der Waals surface area contributed by atoms with Crippen LogP contribution in [0.15, 0.2) is 0 Å². The second-order valence-corrected chi connectivity index (χ2v) is 4.71. The van der Waals surface area contributed by atoms with Gasteiger partial charge in [-0.2, -0.15) is 12.6 Å². The summed E-state index contributed by atoms with van der Waals surface area (Å²) in [6.45, 7) is 8.74. The van der Waals surface area contributed by atoms with E-state index in [9.17, 15) is 9.59 Å². The Balaban J connectivity index is 0.00000137. The maximum absolute atomic E-state index is 11.8. The lowest BCUT2D eigenvalue weighted by atomic mass is 10.1. The van der Waals surface area contributed by atoms with Crippen molar-refractivity contribution < 1.29 is 9.59 Å². The van der Waals surface area contributed by atoms with Crippen molar-refractivity contribution in [1.29, 1.82) is 0 Å². The van der Waals surface area contributed by atoms with Gasteiger partial charge in [-0.3, -0.25) is 9.59 Å². The number of amides is 2. The predicted molar refractivity (Wildman–Crippen MR) is 77.8 cm³/mol. The van der Waals surface area contributed by atoms with Crippen LogP contribution in [0.2, 0.25) is 0 Å². The molecule has 18 heavy (non-hydrogen) atoms. The minimum atomic E-state index is 0.191. The first-order valence-electron chi connectivity index (χ1n) is 6.54. The van der Waals surface area contributed by atoms with E-state index >= 15 is 0 Å². The molecule has 0 aliphatic carbocycles. The molecule has 0 radical (unpaired) electrons. The molecular weight excluding hydrogens is 248 g/mol. The first-order chi connectivity index (χ1) is 8.54. The molecule has 0 atom stereocenters. The van der Waals surface area contributed by atoms with Crippen molar-refractivity contribution in [2.24, 2.45) is 5.92 Å². The molecule has 106 valence electrons. The maximum atomic E-state index is 11.8. The highest BCUT2D eigenvalue weighted by Gasteiger charge is 2.23. The van der Waals surface area contributed by atoms with Crippen molar-refractivity contribution in [3.63, 3.8) is 0 Å². The molecular formula is C13H26N2O2S. The summed E-state index contributed by atoms with van der Waals surface area (Å²) >= 11 is 3.53. The zero-order valence-corrected chi connectivity index (χ0v) is 12.9. The highest BCUT2D eigenvalue weighted by atomic mass is 32.1.